The highest BCUT2D eigenvalue weighted by molar-refractivity contribution is 9.10. The Morgan fingerprint density at radius 3 is 2.76 bits per heavy atom. The fourth-order valence-corrected chi connectivity index (χ4v) is 4.03. The predicted octanol–water partition coefficient (Wildman–Crippen LogP) is 4.72. The number of fused-ring (bicyclic) bond motifs is 2. The summed E-state index contributed by atoms with van der Waals surface area (Å²) in [6.45, 7) is 1.80. The van der Waals surface area contributed by atoms with E-state index in [0.29, 0.717) is 17.1 Å². The molecule has 6 nitrogen and oxygen atoms in total. The Morgan fingerprint density at radius 1 is 1.14 bits per heavy atom. The van der Waals surface area contributed by atoms with Gasteiger partial charge in [-0.1, -0.05) is 34.1 Å². The summed E-state index contributed by atoms with van der Waals surface area (Å²) in [6, 6.07) is 13.7. The van der Waals surface area contributed by atoms with Crippen molar-refractivity contribution in [2.45, 2.75) is 6.42 Å². The van der Waals surface area contributed by atoms with Crippen molar-refractivity contribution in [1.82, 2.24) is 19.9 Å². The first-order chi connectivity index (χ1) is 14.1. The highest BCUT2D eigenvalue weighted by Crippen LogP contribution is 2.34. The van der Waals surface area contributed by atoms with Crippen LogP contribution in [0.3, 0.4) is 0 Å². The Bertz CT molecular complexity index is 1180. The molecule has 2 heterocycles. The van der Waals surface area contributed by atoms with Crippen molar-refractivity contribution < 1.29 is 4.79 Å². The number of aromatic amines is 1. The van der Waals surface area contributed by atoms with Crippen molar-refractivity contribution in [3.63, 3.8) is 0 Å². The molecular formula is C22H22BrN5O. The topological polar surface area (TPSA) is 73.9 Å². The summed E-state index contributed by atoms with van der Waals surface area (Å²) in [5.74, 6) is 1.28. The van der Waals surface area contributed by atoms with Crippen LogP contribution in [-0.2, 0) is 0 Å². The summed E-state index contributed by atoms with van der Waals surface area (Å²) >= 11 is 3.55. The molecule has 0 unspecified atom stereocenters. The van der Waals surface area contributed by atoms with Crippen LogP contribution >= 0.6 is 15.9 Å². The van der Waals surface area contributed by atoms with Crippen LogP contribution in [0.5, 0.6) is 0 Å². The third-order valence-electron chi connectivity index (χ3n) is 4.83. The molecule has 29 heavy (non-hydrogen) atoms. The van der Waals surface area contributed by atoms with E-state index in [2.05, 4.69) is 45.2 Å². The summed E-state index contributed by atoms with van der Waals surface area (Å²) < 4.78 is 0.863. The Labute approximate surface area is 177 Å². The van der Waals surface area contributed by atoms with Crippen molar-refractivity contribution in [3.8, 4) is 11.5 Å². The van der Waals surface area contributed by atoms with Crippen molar-refractivity contribution in [1.29, 1.82) is 0 Å². The number of aromatic nitrogens is 3. The smallest absolute Gasteiger partial charge is 0.179 e. The van der Waals surface area contributed by atoms with E-state index in [0.717, 1.165) is 57.9 Å². The Kier molecular flexibility index (Phi) is 5.60. The van der Waals surface area contributed by atoms with E-state index in [9.17, 15) is 4.79 Å². The first kappa shape index (κ1) is 19.5. The molecule has 0 aliphatic heterocycles. The number of nitrogens with one attached hydrogen (secondary N) is 2. The summed E-state index contributed by atoms with van der Waals surface area (Å²) in [5, 5.41) is 5.25. The Balaban J connectivity index is 1.81. The van der Waals surface area contributed by atoms with Crippen LogP contribution in [-0.4, -0.2) is 53.3 Å². The van der Waals surface area contributed by atoms with Gasteiger partial charge in [0.25, 0.3) is 0 Å². The maximum Gasteiger partial charge on any atom is 0.179 e. The van der Waals surface area contributed by atoms with Gasteiger partial charge in [0, 0.05) is 27.3 Å². The van der Waals surface area contributed by atoms with Gasteiger partial charge in [-0.2, -0.15) is 0 Å². The lowest BCUT2D eigenvalue weighted by Gasteiger charge is -2.12. The van der Waals surface area contributed by atoms with E-state index in [4.69, 9.17) is 9.97 Å². The third-order valence-corrected chi connectivity index (χ3v) is 5.49. The lowest BCUT2D eigenvalue weighted by Crippen LogP contribution is -2.17. The zero-order valence-corrected chi connectivity index (χ0v) is 18.0. The highest BCUT2D eigenvalue weighted by atomic mass is 79.9. The molecule has 0 aliphatic rings. The van der Waals surface area contributed by atoms with E-state index in [1.165, 1.54) is 0 Å². The molecule has 2 aromatic carbocycles. The summed E-state index contributed by atoms with van der Waals surface area (Å²) in [6.07, 6.45) is 1.86. The van der Waals surface area contributed by atoms with Gasteiger partial charge in [-0.3, -0.25) is 4.79 Å². The fraction of sp³-hybridized carbons (Fsp3) is 0.227. The normalized spacial score (nSPS) is 11.4. The minimum absolute atomic E-state index is 0.504. The van der Waals surface area contributed by atoms with Crippen LogP contribution in [0.4, 0.5) is 5.82 Å². The number of hydrogen-bond acceptors (Lipinski definition) is 5. The molecule has 7 heteroatoms. The number of benzene rings is 2. The lowest BCUT2D eigenvalue weighted by atomic mass is 10.1. The molecule has 4 rings (SSSR count). The number of halogens is 1. The van der Waals surface area contributed by atoms with Crippen molar-refractivity contribution in [2.75, 3.05) is 32.5 Å². The summed E-state index contributed by atoms with van der Waals surface area (Å²) in [4.78, 5) is 26.9. The predicted molar refractivity (Wildman–Crippen MR) is 122 cm³/mol. The second-order valence-electron chi connectivity index (χ2n) is 7.19. The molecule has 2 aromatic heterocycles. The van der Waals surface area contributed by atoms with E-state index >= 15 is 0 Å². The summed E-state index contributed by atoms with van der Waals surface area (Å²) in [7, 11) is 4.13. The third kappa shape index (κ3) is 3.88. The fourth-order valence-electron chi connectivity index (χ4n) is 3.45. The molecule has 0 fully saturated rings. The van der Waals surface area contributed by atoms with E-state index in [1.807, 2.05) is 42.5 Å². The SMILES string of the molecule is CN(C)CCCNc1nc(-c2[nH]c3cccc(Br)c3c2C=O)nc2ccccc12. The molecule has 0 saturated carbocycles. The number of aldehydes is 1. The molecular weight excluding hydrogens is 430 g/mol. The Morgan fingerprint density at radius 2 is 1.97 bits per heavy atom. The van der Waals surface area contributed by atoms with Crippen LogP contribution < -0.4 is 5.32 Å². The highest BCUT2D eigenvalue weighted by Gasteiger charge is 2.18. The average molecular weight is 452 g/mol. The number of nitrogens with zero attached hydrogens (tertiary/aromatic N) is 3. The number of carbonyl (C=O) groups excluding carboxylic acids is 1. The second kappa shape index (κ2) is 8.31. The number of para-hydroxylation sites is 1. The van der Waals surface area contributed by atoms with Gasteiger partial charge in [-0.15, -0.1) is 0 Å². The molecule has 0 amide bonds. The molecule has 0 saturated heterocycles. The van der Waals surface area contributed by atoms with Gasteiger partial charge in [-0.05, 0) is 51.3 Å². The van der Waals surface area contributed by atoms with E-state index in [1.54, 1.807) is 0 Å². The van der Waals surface area contributed by atoms with Gasteiger partial charge in [0.1, 0.15) is 5.82 Å². The first-order valence-electron chi connectivity index (χ1n) is 9.49. The molecule has 0 aliphatic carbocycles. The Hall–Kier alpha value is -2.77. The zero-order valence-electron chi connectivity index (χ0n) is 16.4. The van der Waals surface area contributed by atoms with Crippen LogP contribution in [0.1, 0.15) is 16.8 Å². The van der Waals surface area contributed by atoms with Crippen LogP contribution in [0.15, 0.2) is 46.9 Å². The number of carbonyl (C=O) groups is 1. The molecule has 4 aromatic rings. The van der Waals surface area contributed by atoms with E-state index in [-0.39, 0.29) is 0 Å². The number of rotatable bonds is 7. The van der Waals surface area contributed by atoms with Crippen molar-refractivity contribution >= 4 is 49.8 Å². The number of anilines is 1. The quantitative estimate of drug-likeness (QED) is 0.314. The van der Waals surface area contributed by atoms with Crippen LogP contribution in [0, 0.1) is 0 Å². The van der Waals surface area contributed by atoms with Gasteiger partial charge in [-0.25, -0.2) is 9.97 Å². The van der Waals surface area contributed by atoms with Gasteiger partial charge in [0.05, 0.1) is 16.8 Å². The van der Waals surface area contributed by atoms with Gasteiger partial charge in [0.2, 0.25) is 0 Å². The zero-order chi connectivity index (χ0) is 20.4. The molecule has 148 valence electrons. The maximum absolute atomic E-state index is 11.9. The van der Waals surface area contributed by atoms with Gasteiger partial charge < -0.3 is 15.2 Å². The number of hydrogen-bond donors (Lipinski definition) is 2. The minimum Gasteiger partial charge on any atom is -0.369 e. The molecule has 0 bridgehead atoms. The second-order valence-corrected chi connectivity index (χ2v) is 8.04. The van der Waals surface area contributed by atoms with Gasteiger partial charge in [0.15, 0.2) is 12.1 Å². The first-order valence-corrected chi connectivity index (χ1v) is 10.3. The largest absolute Gasteiger partial charge is 0.369 e. The number of H-pyrrole nitrogens is 1. The average Bonchev–Trinajstić information content (AvgIpc) is 3.11. The molecule has 0 radical (unpaired) electrons. The minimum atomic E-state index is 0.504. The molecule has 0 atom stereocenters. The van der Waals surface area contributed by atoms with E-state index < -0.39 is 0 Å². The monoisotopic (exact) mass is 451 g/mol. The lowest BCUT2D eigenvalue weighted by molar-refractivity contribution is 0.112. The van der Waals surface area contributed by atoms with Crippen LogP contribution in [0.25, 0.3) is 33.3 Å². The summed E-state index contributed by atoms with van der Waals surface area (Å²) in [5.41, 5.74) is 2.89. The van der Waals surface area contributed by atoms with Crippen molar-refractivity contribution in [3.05, 3.63) is 52.5 Å². The van der Waals surface area contributed by atoms with Gasteiger partial charge >= 0.3 is 0 Å². The van der Waals surface area contributed by atoms with Crippen molar-refractivity contribution in [2.24, 2.45) is 0 Å². The molecule has 2 N–H and O–H groups in total. The standard InChI is InChI=1S/C22H22BrN5O/c1-28(2)12-6-11-24-21-14-7-3-4-9-17(14)26-22(27-21)20-15(13-29)19-16(23)8-5-10-18(19)25-20/h3-5,7-10,13,25H,6,11-12H2,1-2H3,(H,24,26,27). The molecule has 0 spiro atoms. The van der Waals surface area contributed by atoms with Crippen LogP contribution in [0.2, 0.25) is 0 Å². The maximum atomic E-state index is 11.9.